The molecular weight excluding hydrogens is 360 g/mol. The Morgan fingerprint density at radius 3 is 2.59 bits per heavy atom. The predicted molar refractivity (Wildman–Crippen MR) is 106 cm³/mol. The maximum absolute atomic E-state index is 12.0. The average Bonchev–Trinajstić information content (AvgIpc) is 3.10. The SMILES string of the molecule is CCn1c(SCC(=O)NOCc2ccccc2)nnc1-c1ccccc1C. The highest BCUT2D eigenvalue weighted by molar-refractivity contribution is 7.99. The van der Waals surface area contributed by atoms with Crippen LogP contribution in [0.2, 0.25) is 0 Å². The van der Waals surface area contributed by atoms with Gasteiger partial charge in [0, 0.05) is 12.1 Å². The van der Waals surface area contributed by atoms with E-state index < -0.39 is 0 Å². The summed E-state index contributed by atoms with van der Waals surface area (Å²) in [7, 11) is 0. The Kier molecular flexibility index (Phi) is 6.62. The van der Waals surface area contributed by atoms with Crippen molar-refractivity contribution in [1.82, 2.24) is 20.2 Å². The number of carbonyl (C=O) groups is 1. The molecule has 6 nitrogen and oxygen atoms in total. The zero-order chi connectivity index (χ0) is 19.1. The first-order chi connectivity index (χ1) is 13.2. The van der Waals surface area contributed by atoms with Crippen LogP contribution in [0.5, 0.6) is 0 Å². The molecule has 0 saturated heterocycles. The van der Waals surface area contributed by atoms with Crippen LogP contribution < -0.4 is 5.48 Å². The number of nitrogens with zero attached hydrogens (tertiary/aromatic N) is 3. The van der Waals surface area contributed by atoms with Gasteiger partial charge in [-0.25, -0.2) is 5.48 Å². The summed E-state index contributed by atoms with van der Waals surface area (Å²) < 4.78 is 2.02. The van der Waals surface area contributed by atoms with Gasteiger partial charge in [-0.2, -0.15) is 0 Å². The van der Waals surface area contributed by atoms with Crippen molar-refractivity contribution in [3.8, 4) is 11.4 Å². The minimum atomic E-state index is -0.209. The van der Waals surface area contributed by atoms with Crippen LogP contribution in [0.15, 0.2) is 59.8 Å². The molecule has 0 atom stereocenters. The van der Waals surface area contributed by atoms with Crippen molar-refractivity contribution in [2.75, 3.05) is 5.75 Å². The average molecular weight is 382 g/mol. The van der Waals surface area contributed by atoms with Gasteiger partial charge >= 0.3 is 0 Å². The van der Waals surface area contributed by atoms with Crippen LogP contribution in [0.3, 0.4) is 0 Å². The number of aryl methyl sites for hydroxylation is 1. The number of rotatable bonds is 8. The minimum Gasteiger partial charge on any atom is -0.302 e. The monoisotopic (exact) mass is 382 g/mol. The molecular formula is C20H22N4O2S. The summed E-state index contributed by atoms with van der Waals surface area (Å²) in [6.07, 6.45) is 0. The Balaban J connectivity index is 1.56. The Labute approximate surface area is 162 Å². The van der Waals surface area contributed by atoms with Crippen molar-refractivity contribution in [2.45, 2.75) is 32.2 Å². The Morgan fingerprint density at radius 2 is 1.85 bits per heavy atom. The molecule has 0 aliphatic heterocycles. The van der Waals surface area contributed by atoms with E-state index in [1.54, 1.807) is 0 Å². The van der Waals surface area contributed by atoms with Crippen molar-refractivity contribution in [3.63, 3.8) is 0 Å². The van der Waals surface area contributed by atoms with Crippen molar-refractivity contribution in [3.05, 3.63) is 65.7 Å². The van der Waals surface area contributed by atoms with Gasteiger partial charge in [-0.1, -0.05) is 66.4 Å². The fraction of sp³-hybridized carbons (Fsp3) is 0.250. The molecule has 0 bridgehead atoms. The van der Waals surface area contributed by atoms with Gasteiger partial charge in [0.25, 0.3) is 5.91 Å². The highest BCUT2D eigenvalue weighted by Gasteiger charge is 2.15. The Hall–Kier alpha value is -2.64. The van der Waals surface area contributed by atoms with E-state index in [4.69, 9.17) is 4.84 Å². The lowest BCUT2D eigenvalue weighted by atomic mass is 10.1. The maximum Gasteiger partial charge on any atom is 0.254 e. The summed E-state index contributed by atoms with van der Waals surface area (Å²) in [5, 5.41) is 9.30. The first-order valence-corrected chi connectivity index (χ1v) is 9.74. The number of amides is 1. The molecule has 27 heavy (non-hydrogen) atoms. The van der Waals surface area contributed by atoms with Gasteiger partial charge in [-0.05, 0) is 25.0 Å². The van der Waals surface area contributed by atoms with Gasteiger partial charge in [0.2, 0.25) is 0 Å². The third kappa shape index (κ3) is 4.96. The van der Waals surface area contributed by atoms with E-state index in [-0.39, 0.29) is 11.7 Å². The van der Waals surface area contributed by atoms with Crippen molar-refractivity contribution in [1.29, 1.82) is 0 Å². The summed E-state index contributed by atoms with van der Waals surface area (Å²) in [6.45, 7) is 5.15. The first-order valence-electron chi connectivity index (χ1n) is 8.75. The van der Waals surface area contributed by atoms with Gasteiger partial charge in [-0.15, -0.1) is 10.2 Å². The van der Waals surface area contributed by atoms with Crippen LogP contribution >= 0.6 is 11.8 Å². The molecule has 0 spiro atoms. The standard InChI is InChI=1S/C20H22N4O2S/c1-3-24-19(17-12-8-7-9-15(17)2)21-22-20(24)27-14-18(25)23-26-13-16-10-5-4-6-11-16/h4-12H,3,13-14H2,1-2H3,(H,23,25). The zero-order valence-electron chi connectivity index (χ0n) is 15.4. The molecule has 7 heteroatoms. The lowest BCUT2D eigenvalue weighted by Gasteiger charge is -2.09. The molecule has 0 saturated carbocycles. The summed E-state index contributed by atoms with van der Waals surface area (Å²) in [5.74, 6) is 0.818. The van der Waals surface area contributed by atoms with Crippen LogP contribution in [-0.4, -0.2) is 26.4 Å². The number of hydrogen-bond donors (Lipinski definition) is 1. The largest absolute Gasteiger partial charge is 0.302 e. The van der Waals surface area contributed by atoms with E-state index in [9.17, 15) is 4.79 Å². The fourth-order valence-electron chi connectivity index (χ4n) is 2.64. The lowest BCUT2D eigenvalue weighted by molar-refractivity contribution is -0.131. The topological polar surface area (TPSA) is 69.0 Å². The van der Waals surface area contributed by atoms with Crippen molar-refractivity contribution in [2.24, 2.45) is 0 Å². The fourth-order valence-corrected chi connectivity index (χ4v) is 3.43. The van der Waals surface area contributed by atoms with Crippen LogP contribution in [0, 0.1) is 6.92 Å². The highest BCUT2D eigenvalue weighted by atomic mass is 32.2. The van der Waals surface area contributed by atoms with Crippen molar-refractivity contribution >= 4 is 17.7 Å². The second-order valence-corrected chi connectivity index (χ2v) is 6.90. The molecule has 0 aliphatic carbocycles. The molecule has 0 radical (unpaired) electrons. The third-order valence-corrected chi connectivity index (χ3v) is 4.99. The zero-order valence-corrected chi connectivity index (χ0v) is 16.2. The molecule has 0 aliphatic rings. The van der Waals surface area contributed by atoms with Gasteiger partial charge < -0.3 is 4.57 Å². The molecule has 0 unspecified atom stereocenters. The van der Waals surface area contributed by atoms with E-state index >= 15 is 0 Å². The van der Waals surface area contributed by atoms with Gasteiger partial charge in [0.1, 0.15) is 0 Å². The second-order valence-electron chi connectivity index (χ2n) is 5.95. The lowest BCUT2D eigenvalue weighted by Crippen LogP contribution is -2.25. The van der Waals surface area contributed by atoms with Crippen LogP contribution in [0.25, 0.3) is 11.4 Å². The van der Waals surface area contributed by atoms with Gasteiger partial charge in [-0.3, -0.25) is 9.63 Å². The number of carbonyl (C=O) groups excluding carboxylic acids is 1. The van der Waals surface area contributed by atoms with E-state index in [0.29, 0.717) is 11.8 Å². The van der Waals surface area contributed by atoms with Crippen LogP contribution in [-0.2, 0) is 22.8 Å². The number of hydroxylamine groups is 1. The number of thioether (sulfide) groups is 1. The number of benzene rings is 2. The Bertz CT molecular complexity index is 896. The van der Waals surface area contributed by atoms with E-state index in [2.05, 4.69) is 15.7 Å². The molecule has 0 fully saturated rings. The minimum absolute atomic E-state index is 0.209. The summed E-state index contributed by atoms with van der Waals surface area (Å²) in [6, 6.07) is 17.8. The molecule has 1 aromatic heterocycles. The second kappa shape index (κ2) is 9.34. The van der Waals surface area contributed by atoms with Gasteiger partial charge in [0.15, 0.2) is 11.0 Å². The number of aromatic nitrogens is 3. The third-order valence-electron chi connectivity index (χ3n) is 4.02. The molecule has 1 amide bonds. The number of hydrogen-bond acceptors (Lipinski definition) is 5. The maximum atomic E-state index is 12.0. The first kappa shape index (κ1) is 19.1. The van der Waals surface area contributed by atoms with E-state index in [1.165, 1.54) is 11.8 Å². The number of nitrogens with one attached hydrogen (secondary N) is 1. The van der Waals surface area contributed by atoms with E-state index in [0.717, 1.165) is 29.1 Å². The van der Waals surface area contributed by atoms with Gasteiger partial charge in [0.05, 0.1) is 12.4 Å². The summed E-state index contributed by atoms with van der Waals surface area (Å²) >= 11 is 1.34. The molecule has 1 N–H and O–H groups in total. The Morgan fingerprint density at radius 1 is 1.11 bits per heavy atom. The molecule has 2 aromatic carbocycles. The van der Waals surface area contributed by atoms with E-state index in [1.807, 2.05) is 73.0 Å². The van der Waals surface area contributed by atoms with Crippen molar-refractivity contribution < 1.29 is 9.63 Å². The summed E-state index contributed by atoms with van der Waals surface area (Å²) in [4.78, 5) is 17.3. The molecule has 3 rings (SSSR count). The van der Waals surface area contributed by atoms with Crippen LogP contribution in [0.1, 0.15) is 18.1 Å². The molecule has 1 heterocycles. The highest BCUT2D eigenvalue weighted by Crippen LogP contribution is 2.26. The normalized spacial score (nSPS) is 10.7. The predicted octanol–water partition coefficient (Wildman–Crippen LogP) is 3.61. The summed E-state index contributed by atoms with van der Waals surface area (Å²) in [5.41, 5.74) is 5.66. The smallest absolute Gasteiger partial charge is 0.254 e. The quantitative estimate of drug-likeness (QED) is 0.476. The molecule has 3 aromatic rings. The van der Waals surface area contributed by atoms with Crippen LogP contribution in [0.4, 0.5) is 0 Å². The molecule has 140 valence electrons.